The zero-order valence-electron chi connectivity index (χ0n) is 12.7. The molecule has 3 unspecified atom stereocenters. The van der Waals surface area contributed by atoms with Crippen LogP contribution in [-0.4, -0.2) is 41.2 Å². The Labute approximate surface area is 130 Å². The summed E-state index contributed by atoms with van der Waals surface area (Å²) >= 11 is 5.91. The Morgan fingerprint density at radius 2 is 2.24 bits per heavy atom. The first-order chi connectivity index (χ1) is 9.88. The van der Waals surface area contributed by atoms with Crippen LogP contribution in [0.15, 0.2) is 18.2 Å². The monoisotopic (exact) mass is 311 g/mol. The number of piperidine rings is 1. The molecule has 0 aromatic heterocycles. The molecule has 1 heterocycles. The van der Waals surface area contributed by atoms with Crippen molar-refractivity contribution in [2.75, 3.05) is 13.1 Å². The molecule has 1 N–H and O–H groups in total. The molecule has 1 saturated heterocycles. The van der Waals surface area contributed by atoms with Crippen LogP contribution in [0.2, 0.25) is 5.02 Å². The lowest BCUT2D eigenvalue weighted by Crippen LogP contribution is -2.49. The lowest BCUT2D eigenvalue weighted by Gasteiger charge is -2.35. The highest BCUT2D eigenvalue weighted by atomic mass is 35.5. The number of hydrogen-bond donors (Lipinski definition) is 1. The average Bonchev–Trinajstić information content (AvgIpc) is 2.44. The van der Waals surface area contributed by atoms with Gasteiger partial charge in [0.25, 0.3) is 5.91 Å². The van der Waals surface area contributed by atoms with E-state index in [4.69, 9.17) is 16.3 Å². The van der Waals surface area contributed by atoms with Gasteiger partial charge in [-0.1, -0.05) is 18.5 Å². The molecule has 1 aliphatic rings. The number of nitrogens with zero attached hydrogens (tertiary/aromatic N) is 1. The highest BCUT2D eigenvalue weighted by Gasteiger charge is 2.30. The Kier molecular flexibility index (Phi) is 5.12. The molecule has 5 heteroatoms. The molecule has 3 atom stereocenters. The maximum Gasteiger partial charge on any atom is 0.263 e. The second-order valence-electron chi connectivity index (χ2n) is 5.79. The zero-order valence-corrected chi connectivity index (χ0v) is 13.4. The van der Waals surface area contributed by atoms with Crippen molar-refractivity contribution in [3.05, 3.63) is 28.8 Å². The summed E-state index contributed by atoms with van der Waals surface area (Å²) in [5.41, 5.74) is 0.898. The van der Waals surface area contributed by atoms with Gasteiger partial charge in [0.15, 0.2) is 6.10 Å². The van der Waals surface area contributed by atoms with E-state index in [1.165, 1.54) is 0 Å². The van der Waals surface area contributed by atoms with Crippen LogP contribution in [0.5, 0.6) is 5.75 Å². The van der Waals surface area contributed by atoms with Gasteiger partial charge in [0.2, 0.25) is 0 Å². The summed E-state index contributed by atoms with van der Waals surface area (Å²) in [6.45, 7) is 6.69. The second-order valence-corrected chi connectivity index (χ2v) is 6.22. The fourth-order valence-corrected chi connectivity index (χ4v) is 2.72. The van der Waals surface area contributed by atoms with Crippen LogP contribution < -0.4 is 4.74 Å². The normalized spacial score (nSPS) is 23.8. The minimum Gasteiger partial charge on any atom is -0.481 e. The average molecular weight is 312 g/mol. The standard InChI is InChI=1S/C16H22ClNO3/c1-10-6-7-18(9-14(10)19)16(20)12(3)21-15-5-4-13(17)8-11(15)2/h4-5,8,10,12,14,19H,6-7,9H2,1-3H3. The largest absolute Gasteiger partial charge is 0.481 e. The topological polar surface area (TPSA) is 49.8 Å². The molecule has 0 radical (unpaired) electrons. The highest BCUT2D eigenvalue weighted by molar-refractivity contribution is 6.30. The van der Waals surface area contributed by atoms with Crippen molar-refractivity contribution >= 4 is 17.5 Å². The summed E-state index contributed by atoms with van der Waals surface area (Å²) < 4.78 is 5.75. The number of aliphatic hydroxyl groups is 1. The number of carbonyl (C=O) groups excluding carboxylic acids is 1. The molecule has 0 aliphatic carbocycles. The Morgan fingerprint density at radius 3 is 2.86 bits per heavy atom. The maximum absolute atomic E-state index is 12.4. The van der Waals surface area contributed by atoms with Crippen molar-refractivity contribution in [1.82, 2.24) is 4.90 Å². The number of likely N-dealkylation sites (tertiary alicyclic amines) is 1. The molecule has 116 valence electrons. The van der Waals surface area contributed by atoms with E-state index in [1.807, 2.05) is 13.8 Å². The molecular weight excluding hydrogens is 290 g/mol. The predicted molar refractivity (Wildman–Crippen MR) is 82.6 cm³/mol. The minimum absolute atomic E-state index is 0.0877. The first kappa shape index (κ1) is 16.1. The quantitative estimate of drug-likeness (QED) is 0.933. The second kappa shape index (κ2) is 6.67. The Hall–Kier alpha value is -1.26. The van der Waals surface area contributed by atoms with Gasteiger partial charge in [0.05, 0.1) is 6.10 Å². The van der Waals surface area contributed by atoms with Crippen molar-refractivity contribution in [3.63, 3.8) is 0 Å². The van der Waals surface area contributed by atoms with Crippen molar-refractivity contribution in [2.45, 2.75) is 39.4 Å². The summed E-state index contributed by atoms with van der Waals surface area (Å²) in [6, 6.07) is 5.32. The molecule has 2 rings (SSSR count). The number of amides is 1. The van der Waals surface area contributed by atoms with Crippen LogP contribution in [-0.2, 0) is 4.79 Å². The summed E-state index contributed by atoms with van der Waals surface area (Å²) in [6.07, 6.45) is -0.211. The summed E-state index contributed by atoms with van der Waals surface area (Å²) in [5.74, 6) is 0.810. The number of aryl methyl sites for hydroxylation is 1. The van der Waals surface area contributed by atoms with Crippen molar-refractivity contribution < 1.29 is 14.6 Å². The smallest absolute Gasteiger partial charge is 0.263 e. The molecular formula is C16H22ClNO3. The van der Waals surface area contributed by atoms with Crippen LogP contribution in [0.25, 0.3) is 0 Å². The number of benzene rings is 1. The highest BCUT2D eigenvalue weighted by Crippen LogP contribution is 2.24. The van der Waals surface area contributed by atoms with E-state index in [0.29, 0.717) is 23.9 Å². The Morgan fingerprint density at radius 1 is 1.52 bits per heavy atom. The van der Waals surface area contributed by atoms with Crippen LogP contribution in [0.3, 0.4) is 0 Å². The number of ether oxygens (including phenoxy) is 1. The van der Waals surface area contributed by atoms with E-state index >= 15 is 0 Å². The molecule has 21 heavy (non-hydrogen) atoms. The number of hydrogen-bond acceptors (Lipinski definition) is 3. The van der Waals surface area contributed by atoms with E-state index in [9.17, 15) is 9.90 Å². The zero-order chi connectivity index (χ0) is 15.6. The van der Waals surface area contributed by atoms with E-state index < -0.39 is 12.2 Å². The SMILES string of the molecule is Cc1cc(Cl)ccc1OC(C)C(=O)N1CCC(C)C(O)C1. The molecule has 1 amide bonds. The van der Waals surface area contributed by atoms with Gasteiger partial charge < -0.3 is 14.7 Å². The first-order valence-electron chi connectivity index (χ1n) is 7.28. The maximum atomic E-state index is 12.4. The van der Waals surface area contributed by atoms with Gasteiger partial charge in [-0.2, -0.15) is 0 Å². The number of halogens is 1. The third-order valence-corrected chi connectivity index (χ3v) is 4.25. The summed E-state index contributed by atoms with van der Waals surface area (Å²) in [4.78, 5) is 14.1. The molecule has 1 aliphatic heterocycles. The predicted octanol–water partition coefficient (Wildman–Crippen LogP) is 2.65. The van der Waals surface area contributed by atoms with E-state index in [1.54, 1.807) is 30.0 Å². The minimum atomic E-state index is -0.578. The van der Waals surface area contributed by atoms with Crippen LogP contribution in [0.1, 0.15) is 25.8 Å². The van der Waals surface area contributed by atoms with Gasteiger partial charge in [-0.15, -0.1) is 0 Å². The van der Waals surface area contributed by atoms with Gasteiger partial charge >= 0.3 is 0 Å². The molecule has 1 aromatic carbocycles. The number of aliphatic hydroxyl groups excluding tert-OH is 1. The van der Waals surface area contributed by atoms with Crippen LogP contribution >= 0.6 is 11.6 Å². The molecule has 0 spiro atoms. The van der Waals surface area contributed by atoms with Gasteiger partial charge in [-0.05, 0) is 49.9 Å². The molecule has 4 nitrogen and oxygen atoms in total. The van der Waals surface area contributed by atoms with Gasteiger partial charge in [0.1, 0.15) is 5.75 Å². The summed E-state index contributed by atoms with van der Waals surface area (Å²) in [5, 5.41) is 10.5. The van der Waals surface area contributed by atoms with Gasteiger partial charge in [-0.3, -0.25) is 4.79 Å². The Balaban J connectivity index is 1.99. The molecule has 0 bridgehead atoms. The van der Waals surface area contributed by atoms with Crippen molar-refractivity contribution in [2.24, 2.45) is 5.92 Å². The van der Waals surface area contributed by atoms with E-state index in [-0.39, 0.29) is 11.8 Å². The van der Waals surface area contributed by atoms with E-state index in [2.05, 4.69) is 0 Å². The molecule has 1 fully saturated rings. The third-order valence-electron chi connectivity index (χ3n) is 4.02. The third kappa shape index (κ3) is 3.89. The first-order valence-corrected chi connectivity index (χ1v) is 7.66. The number of carbonyl (C=O) groups is 1. The number of rotatable bonds is 3. The van der Waals surface area contributed by atoms with E-state index in [0.717, 1.165) is 12.0 Å². The van der Waals surface area contributed by atoms with Crippen LogP contribution in [0.4, 0.5) is 0 Å². The van der Waals surface area contributed by atoms with Gasteiger partial charge in [-0.25, -0.2) is 0 Å². The number of β-amino-alcohol motifs (C(OH)–C–C–N with tert-alkyl or cyclic N) is 1. The van der Waals surface area contributed by atoms with Crippen molar-refractivity contribution in [1.29, 1.82) is 0 Å². The molecule has 0 saturated carbocycles. The van der Waals surface area contributed by atoms with Crippen LogP contribution in [0, 0.1) is 12.8 Å². The molecule has 1 aromatic rings. The fourth-order valence-electron chi connectivity index (χ4n) is 2.49. The lowest BCUT2D eigenvalue weighted by atomic mass is 9.96. The Bertz CT molecular complexity index is 520. The van der Waals surface area contributed by atoms with Gasteiger partial charge in [0, 0.05) is 18.1 Å². The lowest BCUT2D eigenvalue weighted by molar-refractivity contribution is -0.142. The summed E-state index contributed by atoms with van der Waals surface area (Å²) in [7, 11) is 0. The fraction of sp³-hybridized carbons (Fsp3) is 0.562. The van der Waals surface area contributed by atoms with Crippen molar-refractivity contribution in [3.8, 4) is 5.75 Å².